The van der Waals surface area contributed by atoms with Gasteiger partial charge in [0.15, 0.2) is 17.2 Å². The summed E-state index contributed by atoms with van der Waals surface area (Å²) in [5, 5.41) is 12.7. The number of hydrogen-bond donors (Lipinski definition) is 2. The maximum atomic E-state index is 13.9. The van der Waals surface area contributed by atoms with E-state index in [1.165, 1.54) is 24.3 Å². The quantitative estimate of drug-likeness (QED) is 0.436. The highest BCUT2D eigenvalue weighted by molar-refractivity contribution is 5.92. The molecule has 3 aromatic carbocycles. The topological polar surface area (TPSA) is 94.1 Å². The number of ether oxygens (including phenoxy) is 3. The van der Waals surface area contributed by atoms with Crippen molar-refractivity contribution in [1.29, 1.82) is 0 Å². The van der Waals surface area contributed by atoms with Gasteiger partial charge in [-0.1, -0.05) is 48.5 Å². The molecule has 7 nitrogen and oxygen atoms in total. The summed E-state index contributed by atoms with van der Waals surface area (Å²) in [7, 11) is 0. The van der Waals surface area contributed by atoms with E-state index in [9.17, 15) is 23.5 Å². The Balaban J connectivity index is 1.35. The molecule has 0 unspecified atom stereocenters. The molecule has 1 amide bonds. The summed E-state index contributed by atoms with van der Waals surface area (Å²) in [6.45, 7) is 0. The Morgan fingerprint density at radius 2 is 1.63 bits per heavy atom. The van der Waals surface area contributed by atoms with Crippen LogP contribution in [0.3, 0.4) is 0 Å². The Labute approximate surface area is 217 Å². The van der Waals surface area contributed by atoms with Gasteiger partial charge in [0.2, 0.25) is 5.91 Å². The summed E-state index contributed by atoms with van der Waals surface area (Å²) in [6.07, 6.45) is -1.13. The van der Waals surface area contributed by atoms with Crippen LogP contribution in [0.1, 0.15) is 65.3 Å². The second kappa shape index (κ2) is 8.80. The number of amides is 1. The highest BCUT2D eigenvalue weighted by Crippen LogP contribution is 2.53. The van der Waals surface area contributed by atoms with Gasteiger partial charge in [0.05, 0.1) is 17.1 Å². The lowest BCUT2D eigenvalue weighted by Crippen LogP contribution is -2.53. The van der Waals surface area contributed by atoms with Crippen LogP contribution in [0.15, 0.2) is 72.8 Å². The molecule has 0 bridgehead atoms. The van der Waals surface area contributed by atoms with Gasteiger partial charge in [-0.3, -0.25) is 4.79 Å². The highest BCUT2D eigenvalue weighted by Gasteiger charge is 2.55. The van der Waals surface area contributed by atoms with Crippen molar-refractivity contribution >= 4 is 11.9 Å². The molecule has 2 N–H and O–H groups in total. The van der Waals surface area contributed by atoms with E-state index in [4.69, 9.17) is 4.74 Å². The number of carboxylic acid groups (broad SMARTS) is 1. The third kappa shape index (κ3) is 4.26. The summed E-state index contributed by atoms with van der Waals surface area (Å²) in [6, 6.07) is 20.5. The largest absolute Gasteiger partial charge is 0.586 e. The normalized spacial score (nSPS) is 24.4. The molecule has 2 atom stereocenters. The summed E-state index contributed by atoms with van der Waals surface area (Å²) >= 11 is 0. The Morgan fingerprint density at radius 3 is 2.37 bits per heavy atom. The number of fused-ring (bicyclic) bond motifs is 1. The summed E-state index contributed by atoms with van der Waals surface area (Å²) in [4.78, 5) is 25.7. The smallest absolute Gasteiger partial charge is 0.478 e. The molecule has 196 valence electrons. The summed E-state index contributed by atoms with van der Waals surface area (Å²) in [5.41, 5.74) is -0.110. The van der Waals surface area contributed by atoms with E-state index in [1.54, 1.807) is 18.2 Å². The summed E-state index contributed by atoms with van der Waals surface area (Å²) in [5.74, 6) is -1.61. The zero-order chi connectivity index (χ0) is 26.5. The molecule has 2 aliphatic heterocycles. The lowest BCUT2D eigenvalue weighted by Gasteiger charge is -2.43. The molecule has 0 spiro atoms. The fourth-order valence-electron chi connectivity index (χ4n) is 5.40. The number of halogens is 2. The maximum absolute atomic E-state index is 13.9. The third-order valence-corrected chi connectivity index (χ3v) is 7.54. The van der Waals surface area contributed by atoms with Crippen LogP contribution in [0.2, 0.25) is 0 Å². The van der Waals surface area contributed by atoms with Crippen molar-refractivity contribution in [3.8, 4) is 11.5 Å². The fraction of sp³-hybridized carbons (Fsp3) is 0.310. The molecule has 6 rings (SSSR count). The predicted octanol–water partition coefficient (Wildman–Crippen LogP) is 5.65. The molecule has 38 heavy (non-hydrogen) atoms. The molecule has 1 saturated heterocycles. The number of rotatable bonds is 6. The van der Waals surface area contributed by atoms with Crippen LogP contribution in [0.25, 0.3) is 0 Å². The van der Waals surface area contributed by atoms with Gasteiger partial charge < -0.3 is 24.6 Å². The molecule has 9 heteroatoms. The van der Waals surface area contributed by atoms with Crippen LogP contribution in [-0.4, -0.2) is 23.3 Å². The minimum Gasteiger partial charge on any atom is -0.478 e. The Kier molecular flexibility index (Phi) is 5.64. The van der Waals surface area contributed by atoms with Gasteiger partial charge >= 0.3 is 12.3 Å². The van der Waals surface area contributed by atoms with E-state index in [2.05, 4.69) is 14.8 Å². The van der Waals surface area contributed by atoms with Crippen LogP contribution in [0, 0.1) is 0 Å². The molecule has 0 aromatic heterocycles. The fourth-order valence-corrected chi connectivity index (χ4v) is 5.40. The standard InChI is InChI=1S/C29H25F2NO6/c30-29(31)37-23-12-11-20(17-24(23)38-29)27(14-15-27)26(35)32-28(21-9-4-8-19(16-21)25(33)34)13-5-10-22(36-28)18-6-2-1-3-7-18/h1-4,6-9,11-12,16-17,22H,5,10,13-15H2,(H,32,35)(H,33,34)/t22-,28+/m0/s1. The van der Waals surface area contributed by atoms with E-state index in [1.807, 2.05) is 30.3 Å². The lowest BCUT2D eigenvalue weighted by atomic mass is 9.87. The molecule has 3 aliphatic rings. The van der Waals surface area contributed by atoms with Crippen molar-refractivity contribution in [3.63, 3.8) is 0 Å². The molecular weight excluding hydrogens is 496 g/mol. The molecule has 1 aliphatic carbocycles. The van der Waals surface area contributed by atoms with Crippen molar-refractivity contribution in [1.82, 2.24) is 5.32 Å². The van der Waals surface area contributed by atoms with Gasteiger partial charge in [0.25, 0.3) is 0 Å². The molecule has 2 heterocycles. The second-order valence-corrected chi connectivity index (χ2v) is 9.99. The molecule has 3 aromatic rings. The Hall–Kier alpha value is -3.98. The average molecular weight is 522 g/mol. The molecule has 1 saturated carbocycles. The van der Waals surface area contributed by atoms with Gasteiger partial charge in [-0.25, -0.2) is 4.79 Å². The third-order valence-electron chi connectivity index (χ3n) is 7.54. The number of nitrogens with one attached hydrogen (secondary N) is 1. The highest BCUT2D eigenvalue weighted by atomic mass is 19.3. The van der Waals surface area contributed by atoms with E-state index in [0.717, 1.165) is 18.4 Å². The molecule has 2 fully saturated rings. The Morgan fingerprint density at radius 1 is 0.868 bits per heavy atom. The van der Waals surface area contributed by atoms with Gasteiger partial charge in [-0.15, -0.1) is 8.78 Å². The van der Waals surface area contributed by atoms with Crippen LogP contribution in [0.4, 0.5) is 8.78 Å². The lowest BCUT2D eigenvalue weighted by molar-refractivity contribution is -0.286. The van der Waals surface area contributed by atoms with Crippen molar-refractivity contribution in [2.24, 2.45) is 0 Å². The molecular formula is C29H25F2NO6. The number of carbonyl (C=O) groups is 2. The van der Waals surface area contributed by atoms with Crippen molar-refractivity contribution in [2.75, 3.05) is 0 Å². The zero-order valence-corrected chi connectivity index (χ0v) is 20.3. The maximum Gasteiger partial charge on any atom is 0.586 e. The van der Waals surface area contributed by atoms with Crippen molar-refractivity contribution in [3.05, 3.63) is 95.1 Å². The SMILES string of the molecule is O=C(O)c1cccc([C@@]2(NC(=O)C3(c4ccc5c(c4)OC(F)(F)O5)CC3)CCC[C@@H](c3ccccc3)O2)c1. The first-order valence-electron chi connectivity index (χ1n) is 12.5. The molecule has 0 radical (unpaired) electrons. The summed E-state index contributed by atoms with van der Waals surface area (Å²) < 4.78 is 42.9. The first-order valence-corrected chi connectivity index (χ1v) is 12.5. The van der Waals surface area contributed by atoms with Crippen molar-refractivity contribution in [2.45, 2.75) is 55.6 Å². The van der Waals surface area contributed by atoms with E-state index in [0.29, 0.717) is 30.4 Å². The number of carbonyl (C=O) groups excluding carboxylic acids is 1. The minimum atomic E-state index is -3.75. The number of aromatic carboxylic acids is 1. The first kappa shape index (κ1) is 24.4. The average Bonchev–Trinajstić information content (AvgIpc) is 3.66. The van der Waals surface area contributed by atoms with Crippen LogP contribution in [-0.2, 0) is 20.7 Å². The minimum absolute atomic E-state index is 0.0828. The number of alkyl halides is 2. The van der Waals surface area contributed by atoms with Crippen LogP contribution in [0.5, 0.6) is 11.5 Å². The van der Waals surface area contributed by atoms with E-state index in [-0.39, 0.29) is 29.1 Å². The zero-order valence-electron chi connectivity index (χ0n) is 20.3. The van der Waals surface area contributed by atoms with Crippen LogP contribution >= 0.6 is 0 Å². The number of benzene rings is 3. The number of carboxylic acids is 1. The van der Waals surface area contributed by atoms with Gasteiger partial charge in [0, 0.05) is 5.56 Å². The predicted molar refractivity (Wildman–Crippen MR) is 131 cm³/mol. The van der Waals surface area contributed by atoms with Gasteiger partial charge in [0.1, 0.15) is 0 Å². The van der Waals surface area contributed by atoms with E-state index >= 15 is 0 Å². The second-order valence-electron chi connectivity index (χ2n) is 9.99. The number of hydrogen-bond acceptors (Lipinski definition) is 5. The van der Waals surface area contributed by atoms with Crippen molar-refractivity contribution < 1.29 is 37.7 Å². The first-order chi connectivity index (χ1) is 18.2. The van der Waals surface area contributed by atoms with Gasteiger partial charge in [-0.2, -0.15) is 0 Å². The Bertz CT molecular complexity index is 1410. The van der Waals surface area contributed by atoms with E-state index < -0.39 is 23.4 Å². The van der Waals surface area contributed by atoms with Gasteiger partial charge in [-0.05, 0) is 67.5 Å². The van der Waals surface area contributed by atoms with Crippen LogP contribution < -0.4 is 14.8 Å². The monoisotopic (exact) mass is 521 g/mol.